The predicted molar refractivity (Wildman–Crippen MR) is 94.9 cm³/mol. The molecule has 1 atom stereocenters. The zero-order valence-electron chi connectivity index (χ0n) is 14.8. The normalized spacial score (nSPS) is 12.0. The van der Waals surface area contributed by atoms with Gasteiger partial charge in [0.05, 0.1) is 0 Å². The zero-order chi connectivity index (χ0) is 18.3. The lowest BCUT2D eigenvalue weighted by Crippen LogP contribution is -2.51. The summed E-state index contributed by atoms with van der Waals surface area (Å²) in [7, 11) is 0. The van der Waals surface area contributed by atoms with E-state index in [9.17, 15) is 14.4 Å². The first-order valence-corrected chi connectivity index (χ1v) is 7.90. The Kier molecular flexibility index (Phi) is 6.76. The molecule has 0 aliphatic carbocycles. The van der Waals surface area contributed by atoms with Crippen LogP contribution < -0.4 is 21.3 Å². The van der Waals surface area contributed by atoms with Crippen molar-refractivity contribution in [3.05, 3.63) is 24.3 Å². The molecular weight excluding hydrogens is 308 g/mol. The second-order valence-electron chi connectivity index (χ2n) is 6.54. The Morgan fingerprint density at radius 2 is 1.67 bits per heavy atom. The van der Waals surface area contributed by atoms with Crippen LogP contribution in [0.4, 0.5) is 16.2 Å². The van der Waals surface area contributed by atoms with Gasteiger partial charge in [0.25, 0.3) is 0 Å². The lowest BCUT2D eigenvalue weighted by Gasteiger charge is -2.23. The van der Waals surface area contributed by atoms with Crippen LogP contribution in [0, 0.1) is 0 Å². The summed E-state index contributed by atoms with van der Waals surface area (Å²) in [6, 6.07) is 5.62. The predicted octanol–water partition coefficient (Wildman–Crippen LogP) is 2.46. The second kappa shape index (κ2) is 8.33. The van der Waals surface area contributed by atoms with Gasteiger partial charge in [-0.2, -0.15) is 0 Å². The van der Waals surface area contributed by atoms with Gasteiger partial charge in [0.1, 0.15) is 6.04 Å². The van der Waals surface area contributed by atoms with Crippen LogP contribution in [0.2, 0.25) is 0 Å². The lowest BCUT2D eigenvalue weighted by atomic mass is 10.1. The molecule has 4 N–H and O–H groups in total. The summed E-state index contributed by atoms with van der Waals surface area (Å²) in [5.41, 5.74) is 0.748. The number of urea groups is 1. The van der Waals surface area contributed by atoms with Crippen molar-refractivity contribution in [2.45, 2.75) is 52.6 Å². The van der Waals surface area contributed by atoms with E-state index in [1.165, 1.54) is 0 Å². The number of amides is 4. The van der Waals surface area contributed by atoms with E-state index in [0.29, 0.717) is 17.8 Å². The van der Waals surface area contributed by atoms with Crippen LogP contribution in [0.1, 0.15) is 41.0 Å². The molecule has 132 valence electrons. The molecule has 0 bridgehead atoms. The first-order valence-electron chi connectivity index (χ1n) is 7.90. The van der Waals surface area contributed by atoms with Gasteiger partial charge in [-0.25, -0.2) is 4.79 Å². The van der Waals surface area contributed by atoms with Crippen molar-refractivity contribution in [2.75, 3.05) is 10.6 Å². The molecule has 0 saturated carbocycles. The minimum absolute atomic E-state index is 0.107. The summed E-state index contributed by atoms with van der Waals surface area (Å²) in [6.07, 6.45) is 0.374. The first-order chi connectivity index (χ1) is 11.1. The van der Waals surface area contributed by atoms with E-state index in [2.05, 4.69) is 21.3 Å². The van der Waals surface area contributed by atoms with Crippen LogP contribution in [-0.2, 0) is 9.59 Å². The van der Waals surface area contributed by atoms with Crippen molar-refractivity contribution in [1.82, 2.24) is 10.6 Å². The van der Waals surface area contributed by atoms with Crippen molar-refractivity contribution in [1.29, 1.82) is 0 Å². The van der Waals surface area contributed by atoms with Gasteiger partial charge < -0.3 is 21.3 Å². The molecule has 7 nitrogen and oxygen atoms in total. The quantitative estimate of drug-likeness (QED) is 0.665. The largest absolute Gasteiger partial charge is 0.350 e. The van der Waals surface area contributed by atoms with Gasteiger partial charge in [-0.3, -0.25) is 9.59 Å². The lowest BCUT2D eigenvalue weighted by molar-refractivity contribution is -0.124. The molecule has 4 amide bonds. The van der Waals surface area contributed by atoms with Crippen molar-refractivity contribution in [3.8, 4) is 0 Å². The number of nitrogens with one attached hydrogen (secondary N) is 4. The Bertz CT molecular complexity index is 608. The van der Waals surface area contributed by atoms with E-state index in [-0.39, 0.29) is 17.4 Å². The fourth-order valence-corrected chi connectivity index (χ4v) is 1.83. The number of hydrogen-bond acceptors (Lipinski definition) is 3. The number of rotatable bonds is 5. The maximum Gasteiger partial charge on any atom is 0.319 e. The van der Waals surface area contributed by atoms with Gasteiger partial charge in [0.15, 0.2) is 0 Å². The van der Waals surface area contributed by atoms with Crippen molar-refractivity contribution < 1.29 is 14.4 Å². The number of hydrogen-bond donors (Lipinski definition) is 4. The first kappa shape index (κ1) is 19.5. The zero-order valence-corrected chi connectivity index (χ0v) is 14.8. The van der Waals surface area contributed by atoms with E-state index in [1.54, 1.807) is 38.1 Å². The number of carbonyl (C=O) groups is 3. The van der Waals surface area contributed by atoms with Crippen LogP contribution >= 0.6 is 0 Å². The van der Waals surface area contributed by atoms with Crippen LogP contribution in [0.15, 0.2) is 24.3 Å². The van der Waals surface area contributed by atoms with Crippen LogP contribution in [0.25, 0.3) is 0 Å². The second-order valence-corrected chi connectivity index (χ2v) is 6.54. The Balaban J connectivity index is 2.60. The highest BCUT2D eigenvalue weighted by Crippen LogP contribution is 2.15. The monoisotopic (exact) mass is 334 g/mol. The summed E-state index contributed by atoms with van der Waals surface area (Å²) in [4.78, 5) is 35.3. The summed E-state index contributed by atoms with van der Waals surface area (Å²) in [6.45, 7) is 8.97. The highest BCUT2D eigenvalue weighted by molar-refractivity contribution is 5.95. The number of carbonyl (C=O) groups excluding carboxylic acids is 3. The van der Waals surface area contributed by atoms with Crippen LogP contribution in [0.3, 0.4) is 0 Å². The van der Waals surface area contributed by atoms with Crippen molar-refractivity contribution in [3.63, 3.8) is 0 Å². The highest BCUT2D eigenvalue weighted by Gasteiger charge is 2.20. The SMILES string of the molecule is CCC(=O)Nc1cccc(NC(=O)N[C@@H](C)C(=O)NC(C)(C)C)c1. The van der Waals surface area contributed by atoms with E-state index in [1.807, 2.05) is 20.8 Å². The van der Waals surface area contributed by atoms with E-state index in [4.69, 9.17) is 0 Å². The molecule has 0 aliphatic heterocycles. The topological polar surface area (TPSA) is 99.3 Å². The third-order valence-corrected chi connectivity index (χ3v) is 2.96. The summed E-state index contributed by atoms with van der Waals surface area (Å²) < 4.78 is 0. The fraction of sp³-hybridized carbons (Fsp3) is 0.471. The fourth-order valence-electron chi connectivity index (χ4n) is 1.83. The Morgan fingerprint density at radius 3 is 2.21 bits per heavy atom. The molecule has 0 saturated heterocycles. The molecule has 0 unspecified atom stereocenters. The summed E-state index contributed by atoms with van der Waals surface area (Å²) >= 11 is 0. The Morgan fingerprint density at radius 1 is 1.08 bits per heavy atom. The molecule has 0 radical (unpaired) electrons. The summed E-state index contributed by atoms with van der Waals surface area (Å²) in [5.74, 6) is -0.370. The van der Waals surface area contributed by atoms with Gasteiger partial charge >= 0.3 is 6.03 Å². The van der Waals surface area contributed by atoms with Crippen LogP contribution in [-0.4, -0.2) is 29.4 Å². The number of anilines is 2. The molecule has 0 spiro atoms. The van der Waals surface area contributed by atoms with Gasteiger partial charge in [-0.05, 0) is 45.9 Å². The molecular formula is C17H26N4O3. The standard InChI is InChI=1S/C17H26N4O3/c1-6-14(22)19-12-8-7-9-13(10-12)20-16(24)18-11(2)15(23)21-17(3,4)5/h7-11H,6H2,1-5H3,(H,19,22)(H,21,23)(H2,18,20,24)/t11-/m0/s1. The maximum absolute atomic E-state index is 12.0. The molecule has 24 heavy (non-hydrogen) atoms. The van der Waals surface area contributed by atoms with Gasteiger partial charge in [0, 0.05) is 23.3 Å². The van der Waals surface area contributed by atoms with Crippen molar-refractivity contribution in [2.24, 2.45) is 0 Å². The van der Waals surface area contributed by atoms with E-state index < -0.39 is 12.1 Å². The number of benzene rings is 1. The van der Waals surface area contributed by atoms with Crippen LogP contribution in [0.5, 0.6) is 0 Å². The molecule has 1 rings (SSSR count). The Hall–Kier alpha value is -2.57. The van der Waals surface area contributed by atoms with E-state index >= 15 is 0 Å². The molecule has 1 aromatic carbocycles. The smallest absolute Gasteiger partial charge is 0.319 e. The molecule has 0 aliphatic rings. The van der Waals surface area contributed by atoms with Gasteiger partial charge in [-0.1, -0.05) is 13.0 Å². The molecule has 0 aromatic heterocycles. The van der Waals surface area contributed by atoms with Crippen molar-refractivity contribution >= 4 is 29.2 Å². The average Bonchev–Trinajstić information content (AvgIpc) is 2.45. The Labute approximate surface area is 142 Å². The molecule has 0 fully saturated rings. The maximum atomic E-state index is 12.0. The minimum atomic E-state index is -0.674. The molecule has 7 heteroatoms. The minimum Gasteiger partial charge on any atom is -0.350 e. The summed E-state index contributed by atoms with van der Waals surface area (Å²) in [5, 5.41) is 10.7. The van der Waals surface area contributed by atoms with Gasteiger partial charge in [-0.15, -0.1) is 0 Å². The molecule has 0 heterocycles. The van der Waals surface area contributed by atoms with Gasteiger partial charge in [0.2, 0.25) is 11.8 Å². The van der Waals surface area contributed by atoms with E-state index in [0.717, 1.165) is 0 Å². The molecule has 1 aromatic rings. The average molecular weight is 334 g/mol. The third kappa shape index (κ3) is 7.13. The highest BCUT2D eigenvalue weighted by atomic mass is 16.2. The third-order valence-electron chi connectivity index (χ3n) is 2.96.